The molecule has 2 aromatic rings. The lowest BCUT2D eigenvalue weighted by Gasteiger charge is -2.20. The maximum Gasteiger partial charge on any atom is 0.132 e. The lowest BCUT2D eigenvalue weighted by Crippen LogP contribution is -2.35. The number of nitrogens with one attached hydrogen (secondary N) is 1. The van der Waals surface area contributed by atoms with E-state index in [-0.39, 0.29) is 5.54 Å². The second-order valence-electron chi connectivity index (χ2n) is 6.71. The van der Waals surface area contributed by atoms with Crippen molar-refractivity contribution in [1.82, 2.24) is 15.3 Å². The van der Waals surface area contributed by atoms with Gasteiger partial charge in [-0.15, -0.1) is 0 Å². The highest BCUT2D eigenvalue weighted by molar-refractivity contribution is 5.31. The Balaban J connectivity index is 2.00. The number of benzene rings is 1. The Morgan fingerprint density at radius 2 is 1.62 bits per heavy atom. The highest BCUT2D eigenvalue weighted by Crippen LogP contribution is 2.12. The van der Waals surface area contributed by atoms with Crippen LogP contribution in [0.4, 0.5) is 0 Å². The van der Waals surface area contributed by atoms with Gasteiger partial charge in [0.15, 0.2) is 0 Å². The van der Waals surface area contributed by atoms with Crippen molar-refractivity contribution < 1.29 is 0 Å². The Morgan fingerprint density at radius 1 is 0.952 bits per heavy atom. The summed E-state index contributed by atoms with van der Waals surface area (Å²) in [5.74, 6) is 0.873. The van der Waals surface area contributed by atoms with E-state index in [9.17, 15) is 0 Å². The first-order chi connectivity index (χ1) is 9.83. The Labute approximate surface area is 127 Å². The van der Waals surface area contributed by atoms with Gasteiger partial charge in [-0.05, 0) is 51.3 Å². The van der Waals surface area contributed by atoms with Gasteiger partial charge < -0.3 is 5.32 Å². The average molecular weight is 283 g/mol. The van der Waals surface area contributed by atoms with Gasteiger partial charge in [-0.25, -0.2) is 9.97 Å². The molecule has 1 aromatic carbocycles. The highest BCUT2D eigenvalue weighted by Gasteiger charge is 2.08. The quantitative estimate of drug-likeness (QED) is 0.932. The SMILES string of the molecule is Cc1ccc(Cc2ncc(CNC(C)(C)C)cn2)cc1C. The molecule has 2 rings (SSSR count). The standard InChI is InChI=1S/C18H25N3/c1-13-6-7-15(8-14(13)2)9-17-19-10-16(11-20-17)12-21-18(3,4)5/h6-8,10-11,21H,9,12H2,1-5H3. The topological polar surface area (TPSA) is 37.8 Å². The van der Waals surface area contributed by atoms with Crippen LogP contribution in [0.1, 0.15) is 48.8 Å². The number of aromatic nitrogens is 2. The van der Waals surface area contributed by atoms with E-state index in [1.807, 2.05) is 12.4 Å². The molecule has 0 aliphatic heterocycles. The molecule has 0 spiro atoms. The van der Waals surface area contributed by atoms with Crippen molar-refractivity contribution in [1.29, 1.82) is 0 Å². The minimum absolute atomic E-state index is 0.109. The molecule has 0 saturated carbocycles. The van der Waals surface area contributed by atoms with Crippen molar-refractivity contribution in [2.24, 2.45) is 0 Å². The second-order valence-corrected chi connectivity index (χ2v) is 6.71. The smallest absolute Gasteiger partial charge is 0.132 e. The van der Waals surface area contributed by atoms with E-state index >= 15 is 0 Å². The van der Waals surface area contributed by atoms with Crippen molar-refractivity contribution in [2.75, 3.05) is 0 Å². The Hall–Kier alpha value is -1.74. The van der Waals surface area contributed by atoms with E-state index in [0.29, 0.717) is 0 Å². The van der Waals surface area contributed by atoms with Gasteiger partial charge in [-0.3, -0.25) is 0 Å². The number of hydrogen-bond acceptors (Lipinski definition) is 3. The van der Waals surface area contributed by atoms with Crippen LogP contribution in [0, 0.1) is 13.8 Å². The second kappa shape index (κ2) is 6.35. The van der Waals surface area contributed by atoms with Crippen molar-refractivity contribution in [3.63, 3.8) is 0 Å². The summed E-state index contributed by atoms with van der Waals surface area (Å²) in [6.07, 6.45) is 4.62. The minimum atomic E-state index is 0.109. The first-order valence-electron chi connectivity index (χ1n) is 7.44. The van der Waals surface area contributed by atoms with E-state index in [1.165, 1.54) is 16.7 Å². The summed E-state index contributed by atoms with van der Waals surface area (Å²) >= 11 is 0. The van der Waals surface area contributed by atoms with Crippen molar-refractivity contribution >= 4 is 0 Å². The van der Waals surface area contributed by atoms with Crippen molar-refractivity contribution in [2.45, 2.75) is 53.1 Å². The monoisotopic (exact) mass is 283 g/mol. The van der Waals surface area contributed by atoms with E-state index in [4.69, 9.17) is 0 Å². The van der Waals surface area contributed by atoms with Crippen LogP contribution in [0.3, 0.4) is 0 Å². The highest BCUT2D eigenvalue weighted by atomic mass is 15.0. The predicted octanol–water partition coefficient (Wildman–Crippen LogP) is 3.57. The van der Waals surface area contributed by atoms with Gasteiger partial charge in [0.05, 0.1) is 0 Å². The summed E-state index contributed by atoms with van der Waals surface area (Å²) in [5, 5.41) is 3.44. The molecule has 1 N–H and O–H groups in total. The van der Waals surface area contributed by atoms with Gasteiger partial charge in [-0.2, -0.15) is 0 Å². The number of nitrogens with zero attached hydrogens (tertiary/aromatic N) is 2. The molecular formula is C18H25N3. The molecular weight excluding hydrogens is 258 g/mol. The van der Waals surface area contributed by atoms with Gasteiger partial charge in [-0.1, -0.05) is 18.2 Å². The van der Waals surface area contributed by atoms with Gasteiger partial charge >= 0.3 is 0 Å². The van der Waals surface area contributed by atoms with Crippen molar-refractivity contribution in [3.05, 3.63) is 58.7 Å². The summed E-state index contributed by atoms with van der Waals surface area (Å²) in [7, 11) is 0. The Kier molecular flexibility index (Phi) is 4.73. The maximum atomic E-state index is 4.48. The lowest BCUT2D eigenvalue weighted by molar-refractivity contribution is 0.423. The molecule has 0 unspecified atom stereocenters. The van der Waals surface area contributed by atoms with Crippen LogP contribution in [-0.4, -0.2) is 15.5 Å². The molecule has 0 bridgehead atoms. The van der Waals surface area contributed by atoms with Crippen LogP contribution < -0.4 is 5.32 Å². The van der Waals surface area contributed by atoms with E-state index < -0.39 is 0 Å². The zero-order valence-corrected chi connectivity index (χ0v) is 13.7. The molecule has 0 fully saturated rings. The van der Waals surface area contributed by atoms with E-state index in [2.05, 4.69) is 68.1 Å². The minimum Gasteiger partial charge on any atom is -0.308 e. The molecule has 1 aromatic heterocycles. The normalized spacial score (nSPS) is 11.7. The fraction of sp³-hybridized carbons (Fsp3) is 0.444. The molecule has 0 aliphatic carbocycles. The molecule has 21 heavy (non-hydrogen) atoms. The Bertz CT molecular complexity index is 595. The van der Waals surface area contributed by atoms with Gasteiger partial charge in [0.1, 0.15) is 5.82 Å². The fourth-order valence-electron chi connectivity index (χ4n) is 2.03. The van der Waals surface area contributed by atoms with E-state index in [0.717, 1.165) is 24.4 Å². The van der Waals surface area contributed by atoms with Crippen LogP contribution in [0.25, 0.3) is 0 Å². The number of hydrogen-bond donors (Lipinski definition) is 1. The fourth-order valence-corrected chi connectivity index (χ4v) is 2.03. The van der Waals surface area contributed by atoms with Crippen LogP contribution in [0.15, 0.2) is 30.6 Å². The zero-order chi connectivity index (χ0) is 15.5. The van der Waals surface area contributed by atoms with E-state index in [1.54, 1.807) is 0 Å². The first-order valence-corrected chi connectivity index (χ1v) is 7.44. The van der Waals surface area contributed by atoms with Gasteiger partial charge in [0.25, 0.3) is 0 Å². The summed E-state index contributed by atoms with van der Waals surface area (Å²) in [5.41, 5.74) is 5.13. The van der Waals surface area contributed by atoms with Gasteiger partial charge in [0, 0.05) is 36.5 Å². The van der Waals surface area contributed by atoms with Crippen LogP contribution in [0.2, 0.25) is 0 Å². The molecule has 1 heterocycles. The number of aryl methyl sites for hydroxylation is 2. The van der Waals surface area contributed by atoms with Crippen LogP contribution >= 0.6 is 0 Å². The number of rotatable bonds is 4. The summed E-state index contributed by atoms with van der Waals surface area (Å²) in [6.45, 7) is 11.5. The van der Waals surface area contributed by atoms with Crippen LogP contribution in [-0.2, 0) is 13.0 Å². The lowest BCUT2D eigenvalue weighted by atomic mass is 10.0. The molecule has 3 nitrogen and oxygen atoms in total. The summed E-state index contributed by atoms with van der Waals surface area (Å²) < 4.78 is 0. The molecule has 0 radical (unpaired) electrons. The summed E-state index contributed by atoms with van der Waals surface area (Å²) in [6, 6.07) is 6.53. The molecule has 0 atom stereocenters. The van der Waals surface area contributed by atoms with Gasteiger partial charge in [0.2, 0.25) is 0 Å². The zero-order valence-electron chi connectivity index (χ0n) is 13.7. The maximum absolute atomic E-state index is 4.48. The molecule has 3 heteroatoms. The molecule has 0 aliphatic rings. The molecule has 112 valence electrons. The third kappa shape index (κ3) is 4.94. The average Bonchev–Trinajstić information content (AvgIpc) is 2.41. The molecule has 0 saturated heterocycles. The molecule has 0 amide bonds. The largest absolute Gasteiger partial charge is 0.308 e. The Morgan fingerprint density at radius 3 is 2.19 bits per heavy atom. The summed E-state index contributed by atoms with van der Waals surface area (Å²) in [4.78, 5) is 8.95. The third-order valence-corrected chi connectivity index (χ3v) is 3.52. The van der Waals surface area contributed by atoms with Crippen molar-refractivity contribution in [3.8, 4) is 0 Å². The predicted molar refractivity (Wildman–Crippen MR) is 87.3 cm³/mol. The van der Waals surface area contributed by atoms with Crippen LogP contribution in [0.5, 0.6) is 0 Å². The first kappa shape index (κ1) is 15.6. The third-order valence-electron chi connectivity index (χ3n) is 3.52.